The van der Waals surface area contributed by atoms with Crippen LogP contribution in [-0.4, -0.2) is 27.5 Å². The lowest BCUT2D eigenvalue weighted by Crippen LogP contribution is -2.32. The van der Waals surface area contributed by atoms with Crippen molar-refractivity contribution in [2.45, 2.75) is 30.0 Å². The highest BCUT2D eigenvalue weighted by molar-refractivity contribution is 7.91. The number of aryl methyl sites for hydroxylation is 1. The molecule has 2 N–H and O–H groups in total. The minimum absolute atomic E-state index is 0.399. The molecule has 0 bridgehead atoms. The standard InChI is InChI=1S/C10H16N2O2S2/c1-8-2-5-10(15-8)16(13,14)12-7-6-11-9-3-4-9/h2,5,9,11-12H,3-4,6-7H2,1H3. The summed E-state index contributed by atoms with van der Waals surface area (Å²) in [5.74, 6) is 0. The first-order valence-electron chi connectivity index (χ1n) is 5.37. The van der Waals surface area contributed by atoms with E-state index in [2.05, 4.69) is 10.0 Å². The van der Waals surface area contributed by atoms with Crippen LogP contribution in [0, 0.1) is 6.92 Å². The Hall–Kier alpha value is -0.430. The Balaban J connectivity index is 1.82. The van der Waals surface area contributed by atoms with E-state index >= 15 is 0 Å². The average molecular weight is 260 g/mol. The van der Waals surface area contributed by atoms with Crippen molar-refractivity contribution in [3.63, 3.8) is 0 Å². The van der Waals surface area contributed by atoms with Crippen LogP contribution in [0.15, 0.2) is 16.3 Å². The molecule has 1 saturated carbocycles. The molecule has 16 heavy (non-hydrogen) atoms. The smallest absolute Gasteiger partial charge is 0.250 e. The first kappa shape index (κ1) is 12.0. The number of rotatable bonds is 6. The van der Waals surface area contributed by atoms with Crippen LogP contribution < -0.4 is 10.0 Å². The Bertz CT molecular complexity index is 449. The topological polar surface area (TPSA) is 58.2 Å². The Morgan fingerprint density at radius 2 is 2.12 bits per heavy atom. The zero-order chi connectivity index (χ0) is 11.6. The molecule has 0 unspecified atom stereocenters. The molecule has 0 saturated heterocycles. The van der Waals surface area contributed by atoms with Crippen LogP contribution in [-0.2, 0) is 10.0 Å². The summed E-state index contributed by atoms with van der Waals surface area (Å²) < 4.78 is 26.5. The molecule has 6 heteroatoms. The quantitative estimate of drug-likeness (QED) is 0.753. The molecule has 0 amide bonds. The van der Waals surface area contributed by atoms with E-state index in [4.69, 9.17) is 0 Å². The molecular formula is C10H16N2O2S2. The van der Waals surface area contributed by atoms with Gasteiger partial charge in [0.05, 0.1) is 0 Å². The van der Waals surface area contributed by atoms with Gasteiger partial charge in [-0.05, 0) is 31.9 Å². The van der Waals surface area contributed by atoms with Crippen molar-refractivity contribution >= 4 is 21.4 Å². The van der Waals surface area contributed by atoms with Crippen molar-refractivity contribution in [2.24, 2.45) is 0 Å². The lowest BCUT2D eigenvalue weighted by Gasteiger charge is -2.05. The summed E-state index contributed by atoms with van der Waals surface area (Å²) in [5.41, 5.74) is 0. The van der Waals surface area contributed by atoms with Crippen LogP contribution in [0.2, 0.25) is 0 Å². The van der Waals surface area contributed by atoms with Crippen molar-refractivity contribution in [1.82, 2.24) is 10.0 Å². The summed E-state index contributed by atoms with van der Waals surface area (Å²) in [6, 6.07) is 4.09. The van der Waals surface area contributed by atoms with Gasteiger partial charge in [-0.1, -0.05) is 0 Å². The van der Waals surface area contributed by atoms with Crippen molar-refractivity contribution in [3.05, 3.63) is 17.0 Å². The van der Waals surface area contributed by atoms with E-state index in [1.807, 2.05) is 13.0 Å². The number of hydrogen-bond donors (Lipinski definition) is 2. The minimum atomic E-state index is -3.29. The van der Waals surface area contributed by atoms with E-state index in [1.54, 1.807) is 6.07 Å². The Kier molecular flexibility index (Phi) is 3.63. The van der Waals surface area contributed by atoms with E-state index < -0.39 is 10.0 Å². The van der Waals surface area contributed by atoms with Crippen molar-refractivity contribution in [3.8, 4) is 0 Å². The predicted octanol–water partition coefficient (Wildman–Crippen LogP) is 1.09. The maximum absolute atomic E-state index is 11.8. The summed E-state index contributed by atoms with van der Waals surface area (Å²) in [5, 5.41) is 3.26. The van der Waals surface area contributed by atoms with Crippen molar-refractivity contribution in [2.75, 3.05) is 13.1 Å². The van der Waals surface area contributed by atoms with Gasteiger partial charge in [-0.2, -0.15) is 0 Å². The van der Waals surface area contributed by atoms with Crippen molar-refractivity contribution < 1.29 is 8.42 Å². The first-order valence-corrected chi connectivity index (χ1v) is 7.67. The van der Waals surface area contributed by atoms with Gasteiger partial charge in [0.25, 0.3) is 0 Å². The largest absolute Gasteiger partial charge is 0.313 e. The molecule has 0 aromatic carbocycles. The highest BCUT2D eigenvalue weighted by Crippen LogP contribution is 2.20. The Labute approximate surface area is 100 Å². The maximum atomic E-state index is 11.8. The lowest BCUT2D eigenvalue weighted by atomic mass is 10.5. The van der Waals surface area contributed by atoms with Crippen LogP contribution in [0.3, 0.4) is 0 Å². The third kappa shape index (κ3) is 3.28. The second-order valence-electron chi connectivity index (χ2n) is 3.99. The number of sulfonamides is 1. The van der Waals surface area contributed by atoms with Gasteiger partial charge in [0, 0.05) is 24.0 Å². The molecule has 90 valence electrons. The predicted molar refractivity (Wildman–Crippen MR) is 65.3 cm³/mol. The highest BCUT2D eigenvalue weighted by Gasteiger charge is 2.20. The van der Waals surface area contributed by atoms with Crippen molar-refractivity contribution in [1.29, 1.82) is 0 Å². The molecule has 1 aromatic rings. The fourth-order valence-corrected chi connectivity index (χ4v) is 3.74. The first-order chi connectivity index (χ1) is 7.58. The number of nitrogens with one attached hydrogen (secondary N) is 2. The van der Waals surface area contributed by atoms with E-state index in [0.717, 1.165) is 4.88 Å². The molecule has 1 fully saturated rings. The summed E-state index contributed by atoms with van der Waals surface area (Å²) in [7, 11) is -3.29. The van der Waals surface area contributed by atoms with E-state index in [-0.39, 0.29) is 0 Å². The van der Waals surface area contributed by atoms with Gasteiger partial charge in [0.15, 0.2) is 0 Å². The lowest BCUT2D eigenvalue weighted by molar-refractivity contribution is 0.577. The number of hydrogen-bond acceptors (Lipinski definition) is 4. The third-order valence-electron chi connectivity index (χ3n) is 2.41. The van der Waals surface area contributed by atoms with Crippen LogP contribution in [0.5, 0.6) is 0 Å². The van der Waals surface area contributed by atoms with Gasteiger partial charge in [-0.15, -0.1) is 11.3 Å². The van der Waals surface area contributed by atoms with Crippen LogP contribution >= 0.6 is 11.3 Å². The summed E-state index contributed by atoms with van der Waals surface area (Å²) in [6.07, 6.45) is 2.44. The van der Waals surface area contributed by atoms with Crippen LogP contribution in [0.1, 0.15) is 17.7 Å². The average Bonchev–Trinajstić information content (AvgIpc) is 2.94. The molecule has 0 spiro atoms. The van der Waals surface area contributed by atoms with E-state index in [1.165, 1.54) is 24.2 Å². The van der Waals surface area contributed by atoms with Gasteiger partial charge in [0.2, 0.25) is 10.0 Å². The molecule has 1 heterocycles. The van der Waals surface area contributed by atoms with Gasteiger partial charge in [0.1, 0.15) is 4.21 Å². The molecular weight excluding hydrogens is 244 g/mol. The van der Waals surface area contributed by atoms with E-state index in [9.17, 15) is 8.42 Å². The van der Waals surface area contributed by atoms with Crippen LogP contribution in [0.4, 0.5) is 0 Å². The highest BCUT2D eigenvalue weighted by atomic mass is 32.2. The molecule has 0 aliphatic heterocycles. The summed E-state index contributed by atoms with van der Waals surface area (Å²) >= 11 is 1.30. The Morgan fingerprint density at radius 3 is 2.69 bits per heavy atom. The van der Waals surface area contributed by atoms with Crippen LogP contribution in [0.25, 0.3) is 0 Å². The van der Waals surface area contributed by atoms with Gasteiger partial charge >= 0.3 is 0 Å². The molecule has 2 rings (SSSR count). The second-order valence-corrected chi connectivity index (χ2v) is 7.27. The molecule has 1 aliphatic carbocycles. The zero-order valence-corrected chi connectivity index (χ0v) is 10.8. The fraction of sp³-hybridized carbons (Fsp3) is 0.600. The Morgan fingerprint density at radius 1 is 1.38 bits per heavy atom. The molecule has 1 aromatic heterocycles. The zero-order valence-electron chi connectivity index (χ0n) is 9.19. The fourth-order valence-electron chi connectivity index (χ4n) is 1.38. The normalized spacial score (nSPS) is 16.6. The molecule has 4 nitrogen and oxygen atoms in total. The second kappa shape index (κ2) is 4.83. The molecule has 0 radical (unpaired) electrons. The maximum Gasteiger partial charge on any atom is 0.250 e. The minimum Gasteiger partial charge on any atom is -0.313 e. The SMILES string of the molecule is Cc1ccc(S(=O)(=O)NCCNC2CC2)s1. The van der Waals surface area contributed by atoms with E-state index in [0.29, 0.717) is 23.3 Å². The molecule has 0 atom stereocenters. The van der Waals surface area contributed by atoms with Gasteiger partial charge in [-0.3, -0.25) is 0 Å². The van der Waals surface area contributed by atoms with Gasteiger partial charge < -0.3 is 5.32 Å². The summed E-state index contributed by atoms with van der Waals surface area (Å²) in [4.78, 5) is 1.01. The number of thiophene rings is 1. The summed E-state index contributed by atoms with van der Waals surface area (Å²) in [6.45, 7) is 3.06. The monoisotopic (exact) mass is 260 g/mol. The molecule has 1 aliphatic rings. The third-order valence-corrected chi connectivity index (χ3v) is 5.36. The van der Waals surface area contributed by atoms with Gasteiger partial charge in [-0.25, -0.2) is 13.1 Å².